The molecule has 1 aromatic heterocycles. The van der Waals surface area contributed by atoms with E-state index in [1.165, 1.54) is 28.1 Å². The number of hydrogen-bond acceptors (Lipinski definition) is 4. The Morgan fingerprint density at radius 3 is 2.37 bits per heavy atom. The number of nitrogens with one attached hydrogen (secondary N) is 1. The molecule has 1 fully saturated rings. The summed E-state index contributed by atoms with van der Waals surface area (Å²) in [6, 6.07) is 14.6. The molecule has 1 saturated heterocycles. The highest BCUT2D eigenvalue weighted by atomic mass is 79.9. The molecule has 35 heavy (non-hydrogen) atoms. The second-order valence-corrected chi connectivity index (χ2v) is 12.5. The van der Waals surface area contributed by atoms with E-state index in [0.717, 1.165) is 33.8 Å². The van der Waals surface area contributed by atoms with Crippen LogP contribution in [0.1, 0.15) is 34.3 Å². The zero-order valence-electron chi connectivity index (χ0n) is 18.8. The lowest BCUT2D eigenvalue weighted by molar-refractivity contribution is 0.0950. The molecule has 0 aliphatic carbocycles. The van der Waals surface area contributed by atoms with Crippen LogP contribution in [-0.2, 0) is 23.0 Å². The fourth-order valence-electron chi connectivity index (χ4n) is 4.16. The lowest BCUT2D eigenvalue weighted by Gasteiger charge is -2.31. The summed E-state index contributed by atoms with van der Waals surface area (Å²) in [6.07, 6.45) is 5.78. The van der Waals surface area contributed by atoms with Crippen molar-refractivity contribution >= 4 is 59.4 Å². The second kappa shape index (κ2) is 11.5. The topological polar surface area (TPSA) is 79.4 Å². The first-order valence-corrected chi connectivity index (χ1v) is 14.6. The molecule has 0 bridgehead atoms. The van der Waals surface area contributed by atoms with Crippen molar-refractivity contribution in [3.63, 3.8) is 0 Å². The van der Waals surface area contributed by atoms with Crippen molar-refractivity contribution in [2.45, 2.75) is 30.7 Å². The summed E-state index contributed by atoms with van der Waals surface area (Å²) in [4.78, 5) is 16.8. The molecule has 0 spiro atoms. The highest BCUT2D eigenvalue weighted by Gasteiger charge is 2.31. The average molecular weight is 642 g/mol. The van der Waals surface area contributed by atoms with Crippen LogP contribution in [0, 0.1) is 5.92 Å². The van der Waals surface area contributed by atoms with Gasteiger partial charge in [-0.1, -0.05) is 41.9 Å². The Morgan fingerprint density at radius 2 is 1.71 bits per heavy atom. The number of carbonyl (C=O) groups is 1. The van der Waals surface area contributed by atoms with Crippen molar-refractivity contribution in [3.8, 4) is 0 Å². The van der Waals surface area contributed by atoms with Crippen molar-refractivity contribution in [2.75, 3.05) is 13.1 Å². The van der Waals surface area contributed by atoms with Gasteiger partial charge in [-0.15, -0.1) is 0 Å². The zero-order valence-corrected chi connectivity index (χ0v) is 23.5. The standard InChI is InChI=1S/C25H24Br2ClN3O3S/c26-21-15-29-16-22(27)20(21)14-30-25(32)19-6-7-23(28)24(13-19)35(33,34)31-10-8-18(9-11-31)12-17-4-2-1-3-5-17/h1-7,13,15-16,18H,8-12,14H2,(H,30,32). The summed E-state index contributed by atoms with van der Waals surface area (Å²) in [5.41, 5.74) is 2.32. The molecule has 3 aromatic rings. The van der Waals surface area contributed by atoms with Crippen LogP contribution in [0.25, 0.3) is 0 Å². The third kappa shape index (κ3) is 6.32. The van der Waals surface area contributed by atoms with E-state index in [2.05, 4.69) is 54.3 Å². The van der Waals surface area contributed by atoms with E-state index in [0.29, 0.717) is 19.0 Å². The number of piperidine rings is 1. The third-order valence-electron chi connectivity index (χ3n) is 6.13. The molecule has 0 saturated carbocycles. The predicted octanol–water partition coefficient (Wildman–Crippen LogP) is 5.83. The van der Waals surface area contributed by atoms with Crippen LogP contribution in [0.5, 0.6) is 0 Å². The molecular weight excluding hydrogens is 618 g/mol. The lowest BCUT2D eigenvalue weighted by atomic mass is 9.91. The Hall–Kier alpha value is -1.78. The highest BCUT2D eigenvalue weighted by Crippen LogP contribution is 2.30. The minimum absolute atomic E-state index is 0.0420. The van der Waals surface area contributed by atoms with E-state index in [4.69, 9.17) is 11.6 Å². The summed E-state index contributed by atoms with van der Waals surface area (Å²) in [5, 5.41) is 2.93. The summed E-state index contributed by atoms with van der Waals surface area (Å²) in [5.74, 6) is 0.0403. The van der Waals surface area contributed by atoms with Gasteiger partial charge in [0, 0.05) is 52.1 Å². The number of pyridine rings is 1. The van der Waals surface area contributed by atoms with Gasteiger partial charge in [0.05, 0.1) is 5.02 Å². The van der Waals surface area contributed by atoms with Crippen LogP contribution < -0.4 is 5.32 Å². The Kier molecular flexibility index (Phi) is 8.65. The first-order valence-electron chi connectivity index (χ1n) is 11.2. The third-order valence-corrected chi connectivity index (χ3v) is 9.88. The van der Waals surface area contributed by atoms with Gasteiger partial charge in [0.2, 0.25) is 10.0 Å². The number of rotatable bonds is 7. The maximum atomic E-state index is 13.4. The van der Waals surface area contributed by atoms with Crippen LogP contribution in [0.15, 0.2) is 74.8 Å². The van der Waals surface area contributed by atoms with E-state index in [1.54, 1.807) is 12.4 Å². The highest BCUT2D eigenvalue weighted by molar-refractivity contribution is 9.11. The van der Waals surface area contributed by atoms with Gasteiger partial charge in [-0.25, -0.2) is 8.42 Å². The Balaban J connectivity index is 1.44. The minimum Gasteiger partial charge on any atom is -0.348 e. The van der Waals surface area contributed by atoms with Crippen LogP contribution in [0.4, 0.5) is 0 Å². The Labute approximate surface area is 227 Å². The number of amides is 1. The molecule has 1 amide bonds. The van der Waals surface area contributed by atoms with Gasteiger partial charge in [-0.2, -0.15) is 4.31 Å². The normalized spacial score (nSPS) is 15.2. The molecule has 2 heterocycles. The summed E-state index contributed by atoms with van der Waals surface area (Å²) in [7, 11) is -3.83. The summed E-state index contributed by atoms with van der Waals surface area (Å²) >= 11 is 13.1. The fourth-order valence-corrected chi connectivity index (χ4v) is 7.34. The molecular formula is C25H24Br2ClN3O3S. The molecule has 1 N–H and O–H groups in total. The number of hydrogen-bond donors (Lipinski definition) is 1. The number of sulfonamides is 1. The molecule has 1 aliphatic rings. The first kappa shape index (κ1) is 26.3. The monoisotopic (exact) mass is 639 g/mol. The molecule has 2 aromatic carbocycles. The smallest absolute Gasteiger partial charge is 0.251 e. The van der Waals surface area contributed by atoms with Gasteiger partial charge >= 0.3 is 0 Å². The van der Waals surface area contributed by atoms with Crippen molar-refractivity contribution in [2.24, 2.45) is 5.92 Å². The quantitative estimate of drug-likeness (QED) is 0.352. The molecule has 1 aliphatic heterocycles. The summed E-state index contributed by atoms with van der Waals surface area (Å²) < 4.78 is 29.8. The van der Waals surface area contributed by atoms with Crippen molar-refractivity contribution in [1.29, 1.82) is 0 Å². The molecule has 0 atom stereocenters. The van der Waals surface area contributed by atoms with Gasteiger partial charge in [-0.05, 0) is 80.8 Å². The van der Waals surface area contributed by atoms with E-state index >= 15 is 0 Å². The van der Waals surface area contributed by atoms with Crippen LogP contribution in [0.2, 0.25) is 5.02 Å². The number of halogens is 3. The number of aromatic nitrogens is 1. The molecule has 0 unspecified atom stereocenters. The lowest BCUT2D eigenvalue weighted by Crippen LogP contribution is -2.39. The summed E-state index contributed by atoms with van der Waals surface area (Å²) in [6.45, 7) is 1.09. The molecule has 184 valence electrons. The maximum absolute atomic E-state index is 13.4. The maximum Gasteiger partial charge on any atom is 0.251 e. The van der Waals surface area contributed by atoms with Crippen molar-refractivity contribution in [3.05, 3.63) is 91.6 Å². The van der Waals surface area contributed by atoms with Gasteiger partial charge < -0.3 is 5.32 Å². The first-order chi connectivity index (χ1) is 16.8. The van der Waals surface area contributed by atoms with Crippen molar-refractivity contribution in [1.82, 2.24) is 14.6 Å². The molecule has 4 rings (SSSR count). The second-order valence-electron chi connectivity index (χ2n) is 8.45. The SMILES string of the molecule is O=C(NCc1c(Br)cncc1Br)c1ccc(Cl)c(S(=O)(=O)N2CCC(Cc3ccccc3)CC2)c1. The zero-order chi connectivity index (χ0) is 25.0. The van der Waals surface area contributed by atoms with Gasteiger partial charge in [-0.3, -0.25) is 9.78 Å². The molecule has 10 heteroatoms. The van der Waals surface area contributed by atoms with Gasteiger partial charge in [0.25, 0.3) is 5.91 Å². The minimum atomic E-state index is -3.83. The number of benzene rings is 2. The van der Waals surface area contributed by atoms with E-state index < -0.39 is 15.9 Å². The number of carbonyl (C=O) groups excluding carboxylic acids is 1. The van der Waals surface area contributed by atoms with Crippen LogP contribution in [0.3, 0.4) is 0 Å². The predicted molar refractivity (Wildman–Crippen MR) is 144 cm³/mol. The number of nitrogens with zero attached hydrogens (tertiary/aromatic N) is 2. The van der Waals surface area contributed by atoms with Gasteiger partial charge in [0.15, 0.2) is 0 Å². The van der Waals surface area contributed by atoms with E-state index in [-0.39, 0.29) is 22.0 Å². The van der Waals surface area contributed by atoms with E-state index in [1.807, 2.05) is 18.2 Å². The van der Waals surface area contributed by atoms with Crippen molar-refractivity contribution < 1.29 is 13.2 Å². The van der Waals surface area contributed by atoms with E-state index in [9.17, 15) is 13.2 Å². The molecule has 6 nitrogen and oxygen atoms in total. The van der Waals surface area contributed by atoms with Crippen LogP contribution in [-0.4, -0.2) is 36.7 Å². The fraction of sp³-hybridized carbons (Fsp3) is 0.280. The molecule has 0 radical (unpaired) electrons. The Morgan fingerprint density at radius 1 is 1.06 bits per heavy atom. The largest absolute Gasteiger partial charge is 0.348 e. The van der Waals surface area contributed by atoms with Crippen LogP contribution >= 0.6 is 43.5 Å². The average Bonchev–Trinajstić information content (AvgIpc) is 2.85. The van der Waals surface area contributed by atoms with Gasteiger partial charge in [0.1, 0.15) is 4.90 Å². The Bertz CT molecular complexity index is 1290.